The second-order valence-electron chi connectivity index (χ2n) is 8.91. The zero-order chi connectivity index (χ0) is 22.8. The maximum absolute atomic E-state index is 13.4. The Hall–Kier alpha value is -1.77. The lowest BCUT2D eigenvalue weighted by molar-refractivity contribution is -0.0486. The molecular formula is C24H33ClF2N2O3. The largest absolute Gasteiger partial charge is 0.491 e. The molecular weight excluding hydrogens is 438 g/mol. The molecule has 178 valence electrons. The van der Waals surface area contributed by atoms with Crippen LogP contribution in [0.4, 0.5) is 8.78 Å². The summed E-state index contributed by atoms with van der Waals surface area (Å²) in [6.07, 6.45) is -0.682. The van der Waals surface area contributed by atoms with Gasteiger partial charge in [0.1, 0.15) is 17.4 Å². The van der Waals surface area contributed by atoms with Gasteiger partial charge in [-0.2, -0.15) is 0 Å². The number of fused-ring (bicyclic) bond motifs is 1. The molecule has 0 bridgehead atoms. The normalized spacial score (nSPS) is 19.1. The van der Waals surface area contributed by atoms with Gasteiger partial charge in [-0.3, -0.25) is 0 Å². The highest BCUT2D eigenvalue weighted by atomic mass is 35.5. The van der Waals surface area contributed by atoms with Crippen molar-refractivity contribution in [2.75, 3.05) is 13.2 Å². The first-order valence-corrected chi connectivity index (χ1v) is 10.6. The molecule has 0 fully saturated rings. The Balaban J connectivity index is 0.00000363. The van der Waals surface area contributed by atoms with Crippen LogP contribution < -0.4 is 15.8 Å². The highest BCUT2D eigenvalue weighted by molar-refractivity contribution is 5.85. The van der Waals surface area contributed by atoms with Crippen LogP contribution in [0.1, 0.15) is 50.4 Å². The quantitative estimate of drug-likeness (QED) is 0.543. The molecule has 3 rings (SSSR count). The van der Waals surface area contributed by atoms with Crippen molar-refractivity contribution in [3.05, 3.63) is 64.7 Å². The van der Waals surface area contributed by atoms with E-state index in [2.05, 4.69) is 5.32 Å². The van der Waals surface area contributed by atoms with E-state index in [-0.39, 0.29) is 37.5 Å². The summed E-state index contributed by atoms with van der Waals surface area (Å²) in [4.78, 5) is 0. The van der Waals surface area contributed by atoms with Gasteiger partial charge in [-0.1, -0.05) is 6.07 Å². The number of aliphatic hydroxyl groups excluding tert-OH is 1. The summed E-state index contributed by atoms with van der Waals surface area (Å²) in [6, 6.07) is 8.42. The van der Waals surface area contributed by atoms with Gasteiger partial charge in [0.2, 0.25) is 0 Å². The summed E-state index contributed by atoms with van der Waals surface area (Å²) in [5.41, 5.74) is 8.19. The van der Waals surface area contributed by atoms with E-state index in [1.165, 1.54) is 12.1 Å². The Morgan fingerprint density at radius 3 is 2.47 bits per heavy atom. The molecule has 0 aromatic heterocycles. The predicted octanol–water partition coefficient (Wildman–Crippen LogP) is 4.00. The van der Waals surface area contributed by atoms with Gasteiger partial charge in [0.05, 0.1) is 30.5 Å². The molecule has 2 aromatic rings. The van der Waals surface area contributed by atoms with Gasteiger partial charge < -0.3 is 25.6 Å². The second kappa shape index (κ2) is 10.9. The number of ether oxygens (including phenoxy) is 2. The third-order valence-corrected chi connectivity index (χ3v) is 5.49. The van der Waals surface area contributed by atoms with Crippen molar-refractivity contribution >= 4 is 12.4 Å². The van der Waals surface area contributed by atoms with E-state index in [0.717, 1.165) is 22.9 Å². The van der Waals surface area contributed by atoms with Crippen LogP contribution in [0.15, 0.2) is 36.4 Å². The van der Waals surface area contributed by atoms with E-state index >= 15 is 0 Å². The van der Waals surface area contributed by atoms with Crippen LogP contribution in [0.25, 0.3) is 0 Å². The highest BCUT2D eigenvalue weighted by Gasteiger charge is 2.34. The summed E-state index contributed by atoms with van der Waals surface area (Å²) in [7, 11) is 0. The first kappa shape index (κ1) is 26.5. The van der Waals surface area contributed by atoms with Crippen molar-refractivity contribution < 1.29 is 23.4 Å². The Morgan fingerprint density at radius 1 is 1.19 bits per heavy atom. The van der Waals surface area contributed by atoms with Gasteiger partial charge in [0.15, 0.2) is 0 Å². The maximum Gasteiger partial charge on any atom is 0.126 e. The minimum Gasteiger partial charge on any atom is -0.491 e. The summed E-state index contributed by atoms with van der Waals surface area (Å²) in [5.74, 6) is -0.538. The molecule has 1 aliphatic heterocycles. The third kappa shape index (κ3) is 6.62. The molecule has 0 aliphatic carbocycles. The fraction of sp³-hybridized carbons (Fsp3) is 0.500. The molecule has 0 amide bonds. The first-order chi connectivity index (χ1) is 14.5. The standard InChI is InChI=1S/C24H32F2N2O3.ClH/c1-14(2)31-18-5-6-20-19(11-18)22(13-30-24(20,3)4)28-12-23(29)21(27)9-15-7-16(25)10-17(26)8-15;/h5-8,10-11,14,21-23,28-29H,9,12-13,27H2,1-4H3;1H/t21-,22?,23+;/m0./s1. The monoisotopic (exact) mass is 470 g/mol. The Bertz CT molecular complexity index is 891. The van der Waals surface area contributed by atoms with Crippen molar-refractivity contribution in [1.82, 2.24) is 5.32 Å². The number of nitrogens with two attached hydrogens (primary N) is 1. The zero-order valence-electron chi connectivity index (χ0n) is 18.9. The summed E-state index contributed by atoms with van der Waals surface area (Å²) >= 11 is 0. The molecule has 1 heterocycles. The molecule has 4 N–H and O–H groups in total. The van der Waals surface area contributed by atoms with Crippen LogP contribution in [0, 0.1) is 11.6 Å². The number of rotatable bonds is 8. The van der Waals surface area contributed by atoms with Crippen molar-refractivity contribution in [1.29, 1.82) is 0 Å². The van der Waals surface area contributed by atoms with Gasteiger partial charge in [0, 0.05) is 18.7 Å². The fourth-order valence-electron chi connectivity index (χ4n) is 3.90. The summed E-state index contributed by atoms with van der Waals surface area (Å²) < 4.78 is 38.7. The summed E-state index contributed by atoms with van der Waals surface area (Å²) in [6.45, 7) is 8.64. The van der Waals surface area contributed by atoms with Crippen LogP contribution in [-0.2, 0) is 16.8 Å². The molecule has 1 aliphatic rings. The number of hydrogen-bond donors (Lipinski definition) is 3. The van der Waals surface area contributed by atoms with Gasteiger partial charge >= 0.3 is 0 Å². The van der Waals surface area contributed by atoms with E-state index in [1.807, 2.05) is 45.9 Å². The molecule has 0 saturated heterocycles. The number of aliphatic hydroxyl groups is 1. The van der Waals surface area contributed by atoms with Crippen LogP contribution in [0.5, 0.6) is 5.75 Å². The lowest BCUT2D eigenvalue weighted by Crippen LogP contribution is -2.46. The number of halogens is 3. The van der Waals surface area contributed by atoms with Crippen LogP contribution in [0.2, 0.25) is 0 Å². The molecule has 0 spiro atoms. The van der Waals surface area contributed by atoms with Gasteiger partial charge in [-0.15, -0.1) is 12.4 Å². The van der Waals surface area contributed by atoms with Crippen molar-refractivity contribution in [3.63, 3.8) is 0 Å². The van der Waals surface area contributed by atoms with E-state index in [9.17, 15) is 13.9 Å². The SMILES string of the molecule is CC(C)Oc1ccc2c(c1)C(NC[C@@H](O)[C@@H](N)Cc1cc(F)cc(F)c1)COC2(C)C.Cl. The average molecular weight is 471 g/mol. The minimum atomic E-state index is -0.903. The van der Waals surface area contributed by atoms with Crippen molar-refractivity contribution in [2.45, 2.75) is 64.0 Å². The van der Waals surface area contributed by atoms with E-state index in [0.29, 0.717) is 12.2 Å². The van der Waals surface area contributed by atoms with Crippen LogP contribution >= 0.6 is 12.4 Å². The maximum atomic E-state index is 13.4. The molecule has 5 nitrogen and oxygen atoms in total. The van der Waals surface area contributed by atoms with Crippen LogP contribution in [0.3, 0.4) is 0 Å². The fourth-order valence-corrected chi connectivity index (χ4v) is 3.90. The smallest absolute Gasteiger partial charge is 0.126 e. The van der Waals surface area contributed by atoms with E-state index in [1.54, 1.807) is 0 Å². The molecule has 32 heavy (non-hydrogen) atoms. The molecule has 0 saturated carbocycles. The first-order valence-electron chi connectivity index (χ1n) is 10.6. The Labute approximate surface area is 194 Å². The molecule has 1 unspecified atom stereocenters. The summed E-state index contributed by atoms with van der Waals surface area (Å²) in [5, 5.41) is 13.9. The minimum absolute atomic E-state index is 0. The highest BCUT2D eigenvalue weighted by Crippen LogP contribution is 2.38. The average Bonchev–Trinajstić information content (AvgIpc) is 2.65. The number of nitrogens with one attached hydrogen (secondary N) is 1. The van der Waals surface area contributed by atoms with E-state index in [4.69, 9.17) is 15.2 Å². The topological polar surface area (TPSA) is 76.7 Å². The lowest BCUT2D eigenvalue weighted by atomic mass is 9.86. The van der Waals surface area contributed by atoms with Crippen molar-refractivity contribution in [2.24, 2.45) is 5.73 Å². The Morgan fingerprint density at radius 2 is 1.84 bits per heavy atom. The molecule has 3 atom stereocenters. The van der Waals surface area contributed by atoms with E-state index < -0.39 is 29.4 Å². The molecule has 2 aromatic carbocycles. The van der Waals surface area contributed by atoms with Crippen molar-refractivity contribution in [3.8, 4) is 5.75 Å². The van der Waals surface area contributed by atoms with Crippen LogP contribution in [-0.4, -0.2) is 36.5 Å². The van der Waals surface area contributed by atoms with Gasteiger partial charge in [-0.05, 0) is 75.1 Å². The Kier molecular flexibility index (Phi) is 9.02. The lowest BCUT2D eigenvalue weighted by Gasteiger charge is -2.38. The second-order valence-corrected chi connectivity index (χ2v) is 8.91. The van der Waals surface area contributed by atoms with Gasteiger partial charge in [-0.25, -0.2) is 8.78 Å². The zero-order valence-corrected chi connectivity index (χ0v) is 19.7. The molecule has 8 heteroatoms. The third-order valence-electron chi connectivity index (χ3n) is 5.49. The van der Waals surface area contributed by atoms with Gasteiger partial charge in [0.25, 0.3) is 0 Å². The number of benzene rings is 2. The molecule has 0 radical (unpaired) electrons. The predicted molar refractivity (Wildman–Crippen MR) is 123 cm³/mol. The number of hydrogen-bond acceptors (Lipinski definition) is 5.